The molecule has 0 atom stereocenters. The van der Waals surface area contributed by atoms with Crippen LogP contribution in [0.4, 0.5) is 0 Å². The van der Waals surface area contributed by atoms with Crippen LogP contribution in [-0.2, 0) is 22.6 Å². The number of carbonyl (C=O) groups is 1. The summed E-state index contributed by atoms with van der Waals surface area (Å²) in [5.41, 5.74) is 1.03. The van der Waals surface area contributed by atoms with Gasteiger partial charge in [0.1, 0.15) is 0 Å². The largest absolute Gasteiger partial charge is 0.480 e. The molecule has 0 saturated heterocycles. The van der Waals surface area contributed by atoms with Crippen molar-refractivity contribution in [1.82, 2.24) is 14.7 Å². The van der Waals surface area contributed by atoms with E-state index in [0.717, 1.165) is 18.5 Å². The van der Waals surface area contributed by atoms with E-state index < -0.39 is 5.97 Å². The molecule has 1 heterocycles. The number of rotatable bonds is 9. The Morgan fingerprint density at radius 2 is 2.39 bits per heavy atom. The van der Waals surface area contributed by atoms with Crippen LogP contribution >= 0.6 is 0 Å². The summed E-state index contributed by atoms with van der Waals surface area (Å²) in [5.74, 6) is -0.827. The van der Waals surface area contributed by atoms with Crippen molar-refractivity contribution < 1.29 is 14.6 Å². The van der Waals surface area contributed by atoms with Crippen molar-refractivity contribution in [3.8, 4) is 0 Å². The molecule has 0 aliphatic heterocycles. The molecule has 0 unspecified atom stereocenters. The Bertz CT molecular complexity index is 365. The molecule has 6 nitrogen and oxygen atoms in total. The first-order valence-electron chi connectivity index (χ1n) is 6.10. The zero-order chi connectivity index (χ0) is 13.4. The van der Waals surface area contributed by atoms with Crippen molar-refractivity contribution in [2.75, 3.05) is 26.8 Å². The SMILES string of the molecule is CCCn1cc(CN(CCOC)CC(=O)O)cn1. The van der Waals surface area contributed by atoms with E-state index in [1.807, 2.05) is 15.8 Å². The molecule has 0 spiro atoms. The highest BCUT2D eigenvalue weighted by Gasteiger charge is 2.11. The van der Waals surface area contributed by atoms with Crippen LogP contribution < -0.4 is 0 Å². The van der Waals surface area contributed by atoms with Crippen LogP contribution in [0.5, 0.6) is 0 Å². The maximum Gasteiger partial charge on any atom is 0.317 e. The van der Waals surface area contributed by atoms with E-state index in [9.17, 15) is 4.79 Å². The Kier molecular flexibility index (Phi) is 6.38. The minimum Gasteiger partial charge on any atom is -0.480 e. The third kappa shape index (κ3) is 5.29. The Morgan fingerprint density at radius 3 is 3.00 bits per heavy atom. The number of nitrogens with zero attached hydrogens (tertiary/aromatic N) is 3. The fourth-order valence-electron chi connectivity index (χ4n) is 1.72. The predicted octanol–water partition coefficient (Wildman–Crippen LogP) is 0.826. The van der Waals surface area contributed by atoms with Crippen molar-refractivity contribution >= 4 is 5.97 Å². The minimum atomic E-state index is -0.827. The summed E-state index contributed by atoms with van der Waals surface area (Å²) in [4.78, 5) is 12.6. The maximum absolute atomic E-state index is 10.8. The lowest BCUT2D eigenvalue weighted by Crippen LogP contribution is -2.32. The Balaban J connectivity index is 2.54. The van der Waals surface area contributed by atoms with E-state index in [1.54, 1.807) is 13.3 Å². The fourth-order valence-corrected chi connectivity index (χ4v) is 1.72. The van der Waals surface area contributed by atoms with Gasteiger partial charge in [0.05, 0.1) is 19.3 Å². The molecule has 0 aromatic carbocycles. The first kappa shape index (κ1) is 14.7. The summed E-state index contributed by atoms with van der Waals surface area (Å²) in [5, 5.41) is 13.1. The fraction of sp³-hybridized carbons (Fsp3) is 0.667. The first-order chi connectivity index (χ1) is 8.65. The second kappa shape index (κ2) is 7.84. The Morgan fingerprint density at radius 1 is 1.61 bits per heavy atom. The summed E-state index contributed by atoms with van der Waals surface area (Å²) >= 11 is 0. The third-order valence-corrected chi connectivity index (χ3v) is 2.52. The monoisotopic (exact) mass is 255 g/mol. The number of hydrogen-bond donors (Lipinski definition) is 1. The van der Waals surface area contributed by atoms with Crippen molar-refractivity contribution in [3.63, 3.8) is 0 Å². The third-order valence-electron chi connectivity index (χ3n) is 2.52. The highest BCUT2D eigenvalue weighted by molar-refractivity contribution is 5.69. The van der Waals surface area contributed by atoms with Crippen LogP contribution in [0.15, 0.2) is 12.4 Å². The van der Waals surface area contributed by atoms with E-state index in [0.29, 0.717) is 19.7 Å². The van der Waals surface area contributed by atoms with Crippen LogP contribution in [0.25, 0.3) is 0 Å². The molecule has 1 aromatic rings. The lowest BCUT2D eigenvalue weighted by atomic mass is 10.3. The average molecular weight is 255 g/mol. The average Bonchev–Trinajstić information content (AvgIpc) is 2.73. The standard InChI is InChI=1S/C12H21N3O3/c1-3-4-15-9-11(7-13-15)8-14(5-6-18-2)10-12(16)17/h7,9H,3-6,8,10H2,1-2H3,(H,16,17). The van der Waals surface area contributed by atoms with Crippen LogP contribution in [0.1, 0.15) is 18.9 Å². The molecular formula is C12H21N3O3. The number of carboxylic acid groups (broad SMARTS) is 1. The van der Waals surface area contributed by atoms with Gasteiger partial charge in [0, 0.05) is 38.5 Å². The van der Waals surface area contributed by atoms with Crippen LogP contribution in [0.2, 0.25) is 0 Å². The number of ether oxygens (including phenoxy) is 1. The van der Waals surface area contributed by atoms with Gasteiger partial charge in [-0.1, -0.05) is 6.92 Å². The van der Waals surface area contributed by atoms with E-state index >= 15 is 0 Å². The Labute approximate surface area is 107 Å². The lowest BCUT2D eigenvalue weighted by molar-refractivity contribution is -0.138. The second-order valence-electron chi connectivity index (χ2n) is 4.21. The summed E-state index contributed by atoms with van der Waals surface area (Å²) in [6.07, 6.45) is 4.78. The van der Waals surface area contributed by atoms with Gasteiger partial charge in [-0.2, -0.15) is 5.10 Å². The van der Waals surface area contributed by atoms with Gasteiger partial charge in [-0.3, -0.25) is 14.4 Å². The van der Waals surface area contributed by atoms with Gasteiger partial charge in [-0.05, 0) is 6.42 Å². The van der Waals surface area contributed by atoms with Crippen molar-refractivity contribution in [3.05, 3.63) is 18.0 Å². The van der Waals surface area contributed by atoms with E-state index in [2.05, 4.69) is 12.0 Å². The summed E-state index contributed by atoms with van der Waals surface area (Å²) < 4.78 is 6.86. The Hall–Kier alpha value is -1.40. The van der Waals surface area contributed by atoms with E-state index in [1.165, 1.54) is 0 Å². The molecule has 0 saturated carbocycles. The van der Waals surface area contributed by atoms with Crippen LogP contribution in [0, 0.1) is 0 Å². The van der Waals surface area contributed by atoms with Crippen LogP contribution in [-0.4, -0.2) is 52.6 Å². The number of methoxy groups -OCH3 is 1. The smallest absolute Gasteiger partial charge is 0.317 e. The molecule has 18 heavy (non-hydrogen) atoms. The molecule has 0 aliphatic carbocycles. The van der Waals surface area contributed by atoms with Crippen molar-refractivity contribution in [2.45, 2.75) is 26.4 Å². The molecule has 1 N–H and O–H groups in total. The number of hydrogen-bond acceptors (Lipinski definition) is 4. The zero-order valence-electron chi connectivity index (χ0n) is 11.0. The highest BCUT2D eigenvalue weighted by Crippen LogP contribution is 2.04. The lowest BCUT2D eigenvalue weighted by Gasteiger charge is -2.18. The van der Waals surface area contributed by atoms with Gasteiger partial charge >= 0.3 is 5.97 Å². The number of aromatic nitrogens is 2. The van der Waals surface area contributed by atoms with Crippen LogP contribution in [0.3, 0.4) is 0 Å². The molecule has 0 fully saturated rings. The predicted molar refractivity (Wildman–Crippen MR) is 67.3 cm³/mol. The molecule has 0 radical (unpaired) electrons. The van der Waals surface area contributed by atoms with E-state index in [4.69, 9.17) is 9.84 Å². The highest BCUT2D eigenvalue weighted by atomic mass is 16.5. The van der Waals surface area contributed by atoms with Gasteiger partial charge < -0.3 is 9.84 Å². The van der Waals surface area contributed by atoms with Gasteiger partial charge in [0.15, 0.2) is 0 Å². The quantitative estimate of drug-likeness (QED) is 0.707. The second-order valence-corrected chi connectivity index (χ2v) is 4.21. The van der Waals surface area contributed by atoms with Gasteiger partial charge in [0.25, 0.3) is 0 Å². The molecule has 0 bridgehead atoms. The minimum absolute atomic E-state index is 0.0162. The van der Waals surface area contributed by atoms with Crippen molar-refractivity contribution in [2.24, 2.45) is 0 Å². The molecule has 6 heteroatoms. The van der Waals surface area contributed by atoms with Crippen molar-refractivity contribution in [1.29, 1.82) is 0 Å². The topological polar surface area (TPSA) is 67.6 Å². The summed E-state index contributed by atoms with van der Waals surface area (Å²) in [6, 6.07) is 0. The normalized spacial score (nSPS) is 11.1. The van der Waals surface area contributed by atoms with Gasteiger partial charge in [-0.15, -0.1) is 0 Å². The summed E-state index contributed by atoms with van der Waals surface area (Å²) in [6.45, 7) is 4.70. The molecule has 0 aliphatic rings. The molecular weight excluding hydrogens is 234 g/mol. The van der Waals surface area contributed by atoms with Gasteiger partial charge in [0.2, 0.25) is 0 Å². The first-order valence-corrected chi connectivity index (χ1v) is 6.10. The molecule has 1 aromatic heterocycles. The number of carboxylic acids is 1. The number of aryl methyl sites for hydroxylation is 1. The molecule has 0 amide bonds. The molecule has 1 rings (SSSR count). The van der Waals surface area contributed by atoms with E-state index in [-0.39, 0.29) is 6.54 Å². The van der Waals surface area contributed by atoms with Gasteiger partial charge in [-0.25, -0.2) is 0 Å². The summed E-state index contributed by atoms with van der Waals surface area (Å²) in [7, 11) is 1.61. The maximum atomic E-state index is 10.8. The number of aliphatic carboxylic acids is 1. The molecule has 102 valence electrons. The zero-order valence-corrected chi connectivity index (χ0v) is 11.0.